The van der Waals surface area contributed by atoms with Gasteiger partial charge in [-0.25, -0.2) is 0 Å². The van der Waals surface area contributed by atoms with Crippen molar-refractivity contribution >= 4 is 23.3 Å². The first-order valence-corrected chi connectivity index (χ1v) is 5.57. The van der Waals surface area contributed by atoms with Gasteiger partial charge < -0.3 is 5.32 Å². The lowest BCUT2D eigenvalue weighted by Crippen LogP contribution is -2.38. The summed E-state index contributed by atoms with van der Waals surface area (Å²) in [5.41, 5.74) is 0.892. The van der Waals surface area contributed by atoms with E-state index in [9.17, 15) is 9.59 Å². The molecule has 1 aliphatic rings. The summed E-state index contributed by atoms with van der Waals surface area (Å²) in [6.45, 7) is 0.420. The largest absolute Gasteiger partial charge is 0.352 e. The summed E-state index contributed by atoms with van der Waals surface area (Å²) in [6, 6.07) is 7.38. The summed E-state index contributed by atoms with van der Waals surface area (Å²) >= 11 is 5.95. The third kappa shape index (κ3) is 2.42. The smallest absolute Gasteiger partial charge is 0.224 e. The SMILES string of the molecule is O=C1CC(C(=O)NCc2ccccc2Cl)C1. The number of benzene rings is 1. The van der Waals surface area contributed by atoms with Crippen LogP contribution < -0.4 is 5.32 Å². The Kier molecular flexibility index (Phi) is 3.25. The minimum Gasteiger partial charge on any atom is -0.352 e. The van der Waals surface area contributed by atoms with Crippen molar-refractivity contribution in [3.05, 3.63) is 34.9 Å². The average Bonchev–Trinajstić information content (AvgIpc) is 2.23. The first-order chi connectivity index (χ1) is 7.66. The van der Waals surface area contributed by atoms with E-state index in [2.05, 4.69) is 5.32 Å². The first-order valence-electron chi connectivity index (χ1n) is 5.19. The Morgan fingerprint density at radius 3 is 2.69 bits per heavy atom. The zero-order valence-corrected chi connectivity index (χ0v) is 9.46. The van der Waals surface area contributed by atoms with E-state index in [0.29, 0.717) is 24.4 Å². The molecule has 1 aliphatic carbocycles. The van der Waals surface area contributed by atoms with Gasteiger partial charge in [-0.15, -0.1) is 0 Å². The second-order valence-electron chi connectivity index (χ2n) is 3.95. The van der Waals surface area contributed by atoms with E-state index in [0.717, 1.165) is 5.56 Å². The van der Waals surface area contributed by atoms with Gasteiger partial charge in [-0.2, -0.15) is 0 Å². The normalized spacial score (nSPS) is 15.7. The van der Waals surface area contributed by atoms with Gasteiger partial charge >= 0.3 is 0 Å². The molecule has 1 amide bonds. The zero-order valence-electron chi connectivity index (χ0n) is 8.70. The van der Waals surface area contributed by atoms with E-state index >= 15 is 0 Å². The molecule has 1 aromatic carbocycles. The highest BCUT2D eigenvalue weighted by molar-refractivity contribution is 6.31. The molecule has 4 heteroatoms. The third-order valence-corrected chi connectivity index (χ3v) is 3.10. The van der Waals surface area contributed by atoms with Crippen LogP contribution in [0.25, 0.3) is 0 Å². The average molecular weight is 238 g/mol. The van der Waals surface area contributed by atoms with Crippen LogP contribution in [0.1, 0.15) is 18.4 Å². The molecule has 0 spiro atoms. The maximum atomic E-state index is 11.5. The lowest BCUT2D eigenvalue weighted by Gasteiger charge is -2.22. The highest BCUT2D eigenvalue weighted by atomic mass is 35.5. The summed E-state index contributed by atoms with van der Waals surface area (Å²) in [5, 5.41) is 3.43. The van der Waals surface area contributed by atoms with Crippen molar-refractivity contribution in [3.63, 3.8) is 0 Å². The Morgan fingerprint density at radius 2 is 2.06 bits per heavy atom. The number of hydrogen-bond acceptors (Lipinski definition) is 2. The molecule has 0 saturated heterocycles. The molecule has 1 fully saturated rings. The van der Waals surface area contributed by atoms with Crippen LogP contribution in [0.4, 0.5) is 0 Å². The number of Topliss-reactive ketones (excluding diaryl/α,β-unsaturated/α-hetero) is 1. The van der Waals surface area contributed by atoms with Gasteiger partial charge in [0.05, 0.1) is 5.92 Å². The first kappa shape index (κ1) is 11.1. The number of rotatable bonds is 3. The minimum atomic E-state index is -0.130. The fraction of sp³-hybridized carbons (Fsp3) is 0.333. The van der Waals surface area contributed by atoms with E-state index in [1.165, 1.54) is 0 Å². The number of nitrogens with one attached hydrogen (secondary N) is 1. The predicted molar refractivity (Wildman–Crippen MR) is 61.0 cm³/mol. The summed E-state index contributed by atoms with van der Waals surface area (Å²) in [4.78, 5) is 22.3. The van der Waals surface area contributed by atoms with Gasteiger partial charge in [0.25, 0.3) is 0 Å². The highest BCUT2D eigenvalue weighted by Crippen LogP contribution is 2.23. The van der Waals surface area contributed by atoms with Crippen LogP contribution >= 0.6 is 11.6 Å². The molecule has 3 nitrogen and oxygen atoms in total. The van der Waals surface area contributed by atoms with Crippen molar-refractivity contribution < 1.29 is 9.59 Å². The van der Waals surface area contributed by atoms with Crippen LogP contribution in [0, 0.1) is 5.92 Å². The van der Waals surface area contributed by atoms with Crippen molar-refractivity contribution in [2.24, 2.45) is 5.92 Å². The van der Waals surface area contributed by atoms with Crippen molar-refractivity contribution in [1.29, 1.82) is 0 Å². The van der Waals surface area contributed by atoms with Crippen LogP contribution in [-0.4, -0.2) is 11.7 Å². The fourth-order valence-electron chi connectivity index (χ4n) is 1.64. The minimum absolute atomic E-state index is 0.0560. The molecule has 1 N–H and O–H groups in total. The maximum Gasteiger partial charge on any atom is 0.224 e. The number of hydrogen-bond donors (Lipinski definition) is 1. The zero-order chi connectivity index (χ0) is 11.5. The van der Waals surface area contributed by atoms with Gasteiger partial charge in [0.15, 0.2) is 0 Å². The Labute approximate surface area is 98.8 Å². The summed E-state index contributed by atoms with van der Waals surface area (Å²) in [5.74, 6) is -0.0209. The number of halogens is 1. The Hall–Kier alpha value is -1.35. The Balaban J connectivity index is 1.86. The molecule has 1 saturated carbocycles. The topological polar surface area (TPSA) is 46.2 Å². The van der Waals surface area contributed by atoms with Crippen LogP contribution in [0.15, 0.2) is 24.3 Å². The molecule has 0 aliphatic heterocycles. The lowest BCUT2D eigenvalue weighted by atomic mass is 9.83. The van der Waals surface area contributed by atoms with Gasteiger partial charge in [-0.05, 0) is 11.6 Å². The summed E-state index contributed by atoms with van der Waals surface area (Å²) < 4.78 is 0. The van der Waals surface area contributed by atoms with E-state index in [4.69, 9.17) is 11.6 Å². The van der Waals surface area contributed by atoms with Crippen LogP contribution in [0.5, 0.6) is 0 Å². The lowest BCUT2D eigenvalue weighted by molar-refractivity contribution is -0.138. The van der Waals surface area contributed by atoms with Gasteiger partial charge in [-0.1, -0.05) is 29.8 Å². The van der Waals surface area contributed by atoms with Gasteiger partial charge in [-0.3, -0.25) is 9.59 Å². The number of carbonyl (C=O) groups is 2. The molecule has 0 bridgehead atoms. The molecule has 0 atom stereocenters. The quantitative estimate of drug-likeness (QED) is 0.873. The second kappa shape index (κ2) is 4.66. The van der Waals surface area contributed by atoms with Crippen molar-refractivity contribution in [3.8, 4) is 0 Å². The van der Waals surface area contributed by atoms with Crippen LogP contribution in [0.2, 0.25) is 5.02 Å². The van der Waals surface area contributed by atoms with Crippen molar-refractivity contribution in [1.82, 2.24) is 5.32 Å². The predicted octanol–water partition coefficient (Wildman–Crippen LogP) is 1.94. The van der Waals surface area contributed by atoms with Crippen molar-refractivity contribution in [2.45, 2.75) is 19.4 Å². The molecular formula is C12H12ClNO2. The molecule has 0 aromatic heterocycles. The van der Waals surface area contributed by atoms with Crippen molar-refractivity contribution in [2.75, 3.05) is 0 Å². The van der Waals surface area contributed by atoms with Gasteiger partial charge in [0.1, 0.15) is 5.78 Å². The fourth-order valence-corrected chi connectivity index (χ4v) is 1.85. The van der Waals surface area contributed by atoms with Gasteiger partial charge in [0.2, 0.25) is 5.91 Å². The molecule has 1 aromatic rings. The third-order valence-electron chi connectivity index (χ3n) is 2.73. The van der Waals surface area contributed by atoms with E-state index in [-0.39, 0.29) is 17.6 Å². The maximum absolute atomic E-state index is 11.5. The summed E-state index contributed by atoms with van der Waals surface area (Å²) in [7, 11) is 0. The molecule has 84 valence electrons. The Morgan fingerprint density at radius 1 is 1.38 bits per heavy atom. The van der Waals surface area contributed by atoms with E-state index in [1.807, 2.05) is 18.2 Å². The molecule has 0 radical (unpaired) electrons. The molecule has 0 unspecified atom stereocenters. The van der Waals surface area contributed by atoms with Gasteiger partial charge in [0, 0.05) is 24.4 Å². The van der Waals surface area contributed by atoms with Crippen LogP contribution in [-0.2, 0) is 16.1 Å². The number of carbonyl (C=O) groups excluding carboxylic acids is 2. The molecule has 0 heterocycles. The molecule has 2 rings (SSSR count). The monoisotopic (exact) mass is 237 g/mol. The summed E-state index contributed by atoms with van der Waals surface area (Å²) in [6.07, 6.45) is 0.767. The number of ketones is 1. The molecule has 16 heavy (non-hydrogen) atoms. The Bertz CT molecular complexity index is 423. The van der Waals surface area contributed by atoms with Crippen LogP contribution in [0.3, 0.4) is 0 Å². The molecular weight excluding hydrogens is 226 g/mol. The second-order valence-corrected chi connectivity index (χ2v) is 4.36. The standard InChI is InChI=1S/C12H12ClNO2/c13-11-4-2-1-3-8(11)7-14-12(16)9-5-10(15)6-9/h1-4,9H,5-7H2,(H,14,16). The van der Waals surface area contributed by atoms with E-state index < -0.39 is 0 Å². The van der Waals surface area contributed by atoms with E-state index in [1.54, 1.807) is 6.07 Å². The highest BCUT2D eigenvalue weighted by Gasteiger charge is 2.32. The number of amides is 1.